The highest BCUT2D eigenvalue weighted by atomic mass is 35.7. The lowest BCUT2D eigenvalue weighted by Crippen LogP contribution is -2.42. The van der Waals surface area contributed by atoms with Crippen LogP contribution in [0.2, 0.25) is 0 Å². The molecule has 1 aliphatic carbocycles. The van der Waals surface area contributed by atoms with Gasteiger partial charge in [-0.2, -0.15) is 0 Å². The van der Waals surface area contributed by atoms with Gasteiger partial charge in [-0.05, 0) is 12.8 Å². The molecule has 0 aromatic carbocycles. The summed E-state index contributed by atoms with van der Waals surface area (Å²) in [7, 11) is 3.22. The Labute approximate surface area is 64.7 Å². The van der Waals surface area contributed by atoms with Gasteiger partial charge in [-0.25, -0.2) is 8.42 Å². The Hall–Kier alpha value is 0.200. The van der Waals surface area contributed by atoms with Gasteiger partial charge in [-0.3, -0.25) is 0 Å². The zero-order valence-corrected chi connectivity index (χ0v) is 7.15. The quantitative estimate of drug-likeness (QED) is 0.595. The number of hydrogen-bond donors (Lipinski definition) is 0. The fourth-order valence-corrected chi connectivity index (χ4v) is 2.67. The van der Waals surface area contributed by atoms with Crippen LogP contribution in [0.3, 0.4) is 0 Å². The highest BCUT2D eigenvalue weighted by Crippen LogP contribution is 2.31. The molecule has 0 spiro atoms. The Morgan fingerprint density at radius 2 is 2.10 bits per heavy atom. The summed E-state index contributed by atoms with van der Waals surface area (Å²) in [6.07, 6.45) is 1.25. The first-order chi connectivity index (χ1) is 4.55. The molecule has 60 valence electrons. The summed E-state index contributed by atoms with van der Waals surface area (Å²) in [5, 5.41) is -0.473. The van der Waals surface area contributed by atoms with E-state index in [0.29, 0.717) is 6.42 Å². The third-order valence-electron chi connectivity index (χ3n) is 1.81. The number of halogens is 1. The molecule has 0 amide bonds. The van der Waals surface area contributed by atoms with Crippen molar-refractivity contribution in [1.82, 2.24) is 0 Å². The highest BCUT2D eigenvalue weighted by Gasteiger charge is 2.39. The number of ether oxygens (including phenoxy) is 1. The van der Waals surface area contributed by atoms with Crippen molar-refractivity contribution in [3.05, 3.63) is 0 Å². The fourth-order valence-electron chi connectivity index (χ4n) is 1.03. The summed E-state index contributed by atoms with van der Waals surface area (Å²) in [6.45, 7) is 0. The molecule has 0 bridgehead atoms. The summed E-state index contributed by atoms with van der Waals surface area (Å²) in [5.41, 5.74) is 0. The second kappa shape index (κ2) is 2.68. The minimum Gasteiger partial charge on any atom is -0.380 e. The Morgan fingerprint density at radius 3 is 2.20 bits per heavy atom. The molecule has 0 aromatic heterocycles. The summed E-state index contributed by atoms with van der Waals surface area (Å²) in [6, 6.07) is 0. The van der Waals surface area contributed by atoms with Crippen LogP contribution in [0.4, 0.5) is 0 Å². The molecule has 5 heteroatoms. The van der Waals surface area contributed by atoms with E-state index in [0.717, 1.165) is 6.42 Å². The molecular formula is C5H9ClO3S. The minimum absolute atomic E-state index is 0.178. The zero-order valence-electron chi connectivity index (χ0n) is 5.58. The molecule has 0 saturated heterocycles. The Balaban J connectivity index is 2.60. The lowest BCUT2D eigenvalue weighted by molar-refractivity contribution is 0.0457. The van der Waals surface area contributed by atoms with Crippen molar-refractivity contribution < 1.29 is 13.2 Å². The van der Waals surface area contributed by atoms with Gasteiger partial charge in [0.15, 0.2) is 0 Å². The first kappa shape index (κ1) is 8.30. The highest BCUT2D eigenvalue weighted by molar-refractivity contribution is 8.14. The Morgan fingerprint density at radius 1 is 1.50 bits per heavy atom. The van der Waals surface area contributed by atoms with E-state index >= 15 is 0 Å². The fraction of sp³-hybridized carbons (Fsp3) is 1.00. The van der Waals surface area contributed by atoms with Gasteiger partial charge in [-0.15, -0.1) is 0 Å². The van der Waals surface area contributed by atoms with E-state index in [2.05, 4.69) is 0 Å². The smallest absolute Gasteiger partial charge is 0.238 e. The van der Waals surface area contributed by atoms with Gasteiger partial charge in [0, 0.05) is 17.8 Å². The van der Waals surface area contributed by atoms with Crippen molar-refractivity contribution in [1.29, 1.82) is 0 Å². The predicted molar refractivity (Wildman–Crippen MR) is 38.6 cm³/mol. The number of methoxy groups -OCH3 is 1. The molecule has 0 heterocycles. The van der Waals surface area contributed by atoms with E-state index in [1.807, 2.05) is 0 Å². The average Bonchev–Trinajstić information content (AvgIpc) is 1.57. The maximum absolute atomic E-state index is 10.7. The number of rotatable bonds is 2. The van der Waals surface area contributed by atoms with Gasteiger partial charge < -0.3 is 4.74 Å². The van der Waals surface area contributed by atoms with Crippen LogP contribution < -0.4 is 0 Å². The van der Waals surface area contributed by atoms with Gasteiger partial charge in [0.2, 0.25) is 9.05 Å². The van der Waals surface area contributed by atoms with Gasteiger partial charge in [0.25, 0.3) is 0 Å². The summed E-state index contributed by atoms with van der Waals surface area (Å²) < 4.78 is 26.2. The second-order valence-electron chi connectivity index (χ2n) is 2.37. The van der Waals surface area contributed by atoms with Gasteiger partial charge in [0.1, 0.15) is 5.25 Å². The maximum atomic E-state index is 10.7. The van der Waals surface area contributed by atoms with Crippen LogP contribution in [-0.2, 0) is 13.8 Å². The normalized spacial score (nSPS) is 33.4. The van der Waals surface area contributed by atoms with E-state index in [4.69, 9.17) is 15.4 Å². The SMILES string of the molecule is COC1CCC1S(=O)(=O)Cl. The summed E-state index contributed by atoms with van der Waals surface area (Å²) in [5.74, 6) is 0. The van der Waals surface area contributed by atoms with Crippen LogP contribution in [0.15, 0.2) is 0 Å². The zero-order chi connectivity index (χ0) is 7.78. The molecule has 0 radical (unpaired) electrons. The van der Waals surface area contributed by atoms with Crippen LogP contribution in [0.5, 0.6) is 0 Å². The molecule has 0 aromatic rings. The van der Waals surface area contributed by atoms with Crippen LogP contribution >= 0.6 is 10.7 Å². The number of hydrogen-bond acceptors (Lipinski definition) is 3. The first-order valence-electron chi connectivity index (χ1n) is 3.02. The molecule has 1 fully saturated rings. The molecule has 0 N–H and O–H groups in total. The Bertz CT molecular complexity index is 209. The minimum atomic E-state index is -3.38. The average molecular weight is 185 g/mol. The molecular weight excluding hydrogens is 176 g/mol. The molecule has 0 aliphatic heterocycles. The van der Waals surface area contributed by atoms with Crippen LogP contribution in [-0.4, -0.2) is 26.9 Å². The van der Waals surface area contributed by atoms with Crippen molar-refractivity contribution >= 4 is 19.7 Å². The summed E-state index contributed by atoms with van der Waals surface area (Å²) in [4.78, 5) is 0. The van der Waals surface area contributed by atoms with Crippen molar-refractivity contribution in [2.75, 3.05) is 7.11 Å². The van der Waals surface area contributed by atoms with Crippen molar-refractivity contribution in [3.8, 4) is 0 Å². The predicted octanol–water partition coefficient (Wildman–Crippen LogP) is 0.732. The third-order valence-corrected chi connectivity index (χ3v) is 3.76. The molecule has 2 atom stereocenters. The lowest BCUT2D eigenvalue weighted by Gasteiger charge is -2.32. The van der Waals surface area contributed by atoms with Crippen LogP contribution in [0.1, 0.15) is 12.8 Å². The van der Waals surface area contributed by atoms with E-state index < -0.39 is 14.3 Å². The van der Waals surface area contributed by atoms with Crippen LogP contribution in [0, 0.1) is 0 Å². The molecule has 1 saturated carbocycles. The molecule has 10 heavy (non-hydrogen) atoms. The Kier molecular flexibility index (Phi) is 2.22. The maximum Gasteiger partial charge on any atom is 0.238 e. The first-order valence-corrected chi connectivity index (χ1v) is 5.39. The van der Waals surface area contributed by atoms with Crippen molar-refractivity contribution in [2.45, 2.75) is 24.2 Å². The second-order valence-corrected chi connectivity index (χ2v) is 5.21. The topological polar surface area (TPSA) is 43.4 Å². The van der Waals surface area contributed by atoms with Gasteiger partial charge in [-0.1, -0.05) is 0 Å². The van der Waals surface area contributed by atoms with Crippen molar-refractivity contribution in [2.24, 2.45) is 0 Å². The molecule has 1 rings (SSSR count). The molecule has 3 nitrogen and oxygen atoms in total. The van der Waals surface area contributed by atoms with Crippen LogP contribution in [0.25, 0.3) is 0 Å². The van der Waals surface area contributed by atoms with E-state index in [1.165, 1.54) is 7.11 Å². The van der Waals surface area contributed by atoms with E-state index in [9.17, 15) is 8.42 Å². The standard InChI is InChI=1S/C5H9ClO3S/c1-9-4-2-3-5(4)10(6,7)8/h4-5H,2-3H2,1H3. The van der Waals surface area contributed by atoms with Gasteiger partial charge in [0.05, 0.1) is 6.10 Å². The van der Waals surface area contributed by atoms with E-state index in [1.54, 1.807) is 0 Å². The largest absolute Gasteiger partial charge is 0.380 e. The van der Waals surface area contributed by atoms with Gasteiger partial charge >= 0.3 is 0 Å². The third kappa shape index (κ3) is 1.44. The van der Waals surface area contributed by atoms with Crippen molar-refractivity contribution in [3.63, 3.8) is 0 Å². The lowest BCUT2D eigenvalue weighted by atomic mass is 9.95. The monoisotopic (exact) mass is 184 g/mol. The molecule has 1 aliphatic rings. The summed E-state index contributed by atoms with van der Waals surface area (Å²) >= 11 is 0. The molecule has 2 unspecified atom stereocenters. The van der Waals surface area contributed by atoms with E-state index in [-0.39, 0.29) is 6.10 Å².